The molecule has 2 rings (SSSR count). The lowest BCUT2D eigenvalue weighted by Gasteiger charge is -2.12. The molecule has 0 aliphatic rings. The van der Waals surface area contributed by atoms with Crippen molar-refractivity contribution < 1.29 is 9.13 Å². The summed E-state index contributed by atoms with van der Waals surface area (Å²) >= 11 is 3.42. The molecule has 0 aromatic heterocycles. The van der Waals surface area contributed by atoms with Gasteiger partial charge in [-0.1, -0.05) is 28.1 Å². The van der Waals surface area contributed by atoms with Crippen LogP contribution < -0.4 is 10.5 Å². The SMILES string of the molecule is Cc1cc(Oc2c(F)cccc2CCN)ccc1Br. The summed E-state index contributed by atoms with van der Waals surface area (Å²) in [6, 6.07) is 10.4. The summed E-state index contributed by atoms with van der Waals surface area (Å²) in [7, 11) is 0. The van der Waals surface area contributed by atoms with E-state index in [4.69, 9.17) is 10.5 Å². The van der Waals surface area contributed by atoms with Crippen LogP contribution in [-0.4, -0.2) is 6.54 Å². The van der Waals surface area contributed by atoms with Crippen molar-refractivity contribution in [3.05, 3.63) is 57.8 Å². The number of nitrogens with two attached hydrogens (primary N) is 1. The average Bonchev–Trinajstić information content (AvgIpc) is 2.38. The summed E-state index contributed by atoms with van der Waals surface area (Å²) in [5.74, 6) is 0.505. The van der Waals surface area contributed by atoms with Crippen LogP contribution in [0.4, 0.5) is 4.39 Å². The van der Waals surface area contributed by atoms with E-state index in [-0.39, 0.29) is 11.6 Å². The van der Waals surface area contributed by atoms with Gasteiger partial charge in [0.25, 0.3) is 0 Å². The Hall–Kier alpha value is -1.39. The molecule has 100 valence electrons. The van der Waals surface area contributed by atoms with E-state index >= 15 is 0 Å². The van der Waals surface area contributed by atoms with Crippen LogP contribution >= 0.6 is 15.9 Å². The lowest BCUT2D eigenvalue weighted by molar-refractivity contribution is 0.436. The molecule has 4 heteroatoms. The second-order valence-corrected chi connectivity index (χ2v) is 5.13. The van der Waals surface area contributed by atoms with Crippen molar-refractivity contribution in [3.63, 3.8) is 0 Å². The maximum Gasteiger partial charge on any atom is 0.166 e. The van der Waals surface area contributed by atoms with Gasteiger partial charge in [-0.15, -0.1) is 0 Å². The molecule has 2 aromatic carbocycles. The number of hydrogen-bond acceptors (Lipinski definition) is 2. The molecule has 0 amide bonds. The van der Waals surface area contributed by atoms with Gasteiger partial charge in [-0.25, -0.2) is 4.39 Å². The molecule has 0 bridgehead atoms. The van der Waals surface area contributed by atoms with E-state index in [1.54, 1.807) is 12.1 Å². The van der Waals surface area contributed by atoms with E-state index in [9.17, 15) is 4.39 Å². The predicted molar refractivity (Wildman–Crippen MR) is 78.1 cm³/mol. The van der Waals surface area contributed by atoms with Gasteiger partial charge in [0.2, 0.25) is 0 Å². The van der Waals surface area contributed by atoms with Gasteiger partial charge in [-0.2, -0.15) is 0 Å². The fourth-order valence-electron chi connectivity index (χ4n) is 1.82. The minimum Gasteiger partial charge on any atom is -0.454 e. The van der Waals surface area contributed by atoms with Crippen molar-refractivity contribution in [1.29, 1.82) is 0 Å². The number of para-hydroxylation sites is 1. The Bertz CT molecular complexity index is 586. The Kier molecular flexibility index (Phi) is 4.56. The second-order valence-electron chi connectivity index (χ2n) is 4.28. The summed E-state index contributed by atoms with van der Waals surface area (Å²) in [4.78, 5) is 0. The van der Waals surface area contributed by atoms with E-state index < -0.39 is 0 Å². The highest BCUT2D eigenvalue weighted by Crippen LogP contribution is 2.30. The first-order valence-electron chi connectivity index (χ1n) is 6.03. The smallest absolute Gasteiger partial charge is 0.166 e. The zero-order valence-electron chi connectivity index (χ0n) is 10.6. The Morgan fingerprint density at radius 3 is 2.74 bits per heavy atom. The van der Waals surface area contributed by atoms with Crippen LogP contribution in [0, 0.1) is 12.7 Å². The van der Waals surface area contributed by atoms with Gasteiger partial charge < -0.3 is 10.5 Å². The molecule has 0 heterocycles. The summed E-state index contributed by atoms with van der Waals surface area (Å²) < 4.78 is 20.5. The van der Waals surface area contributed by atoms with Gasteiger partial charge in [0.15, 0.2) is 11.6 Å². The fourth-order valence-corrected chi connectivity index (χ4v) is 2.07. The normalized spacial score (nSPS) is 10.5. The summed E-state index contributed by atoms with van der Waals surface area (Å²) in [5.41, 5.74) is 7.35. The third-order valence-electron chi connectivity index (χ3n) is 2.81. The number of ether oxygens (including phenoxy) is 1. The van der Waals surface area contributed by atoms with Gasteiger partial charge in [0.05, 0.1) is 0 Å². The Morgan fingerprint density at radius 1 is 1.26 bits per heavy atom. The van der Waals surface area contributed by atoms with Crippen molar-refractivity contribution in [3.8, 4) is 11.5 Å². The average molecular weight is 324 g/mol. The highest BCUT2D eigenvalue weighted by atomic mass is 79.9. The number of hydrogen-bond donors (Lipinski definition) is 1. The number of aryl methyl sites for hydroxylation is 1. The van der Waals surface area contributed by atoms with Gasteiger partial charge in [-0.05, 0) is 55.3 Å². The standard InChI is InChI=1S/C15H15BrFNO/c1-10-9-12(5-6-13(10)16)19-15-11(7-8-18)3-2-4-14(15)17/h2-6,9H,7-8,18H2,1H3. The first-order chi connectivity index (χ1) is 9.11. The van der Waals surface area contributed by atoms with Crippen LogP contribution in [0.3, 0.4) is 0 Å². The molecule has 0 aliphatic carbocycles. The number of benzene rings is 2. The third-order valence-corrected chi connectivity index (χ3v) is 3.70. The first kappa shape index (κ1) is 14.0. The Morgan fingerprint density at radius 2 is 2.05 bits per heavy atom. The van der Waals surface area contributed by atoms with Crippen LogP contribution in [0.15, 0.2) is 40.9 Å². The molecule has 0 radical (unpaired) electrons. The second kappa shape index (κ2) is 6.17. The first-order valence-corrected chi connectivity index (χ1v) is 6.82. The van der Waals surface area contributed by atoms with E-state index in [2.05, 4.69) is 15.9 Å². The minimum absolute atomic E-state index is 0.259. The zero-order valence-corrected chi connectivity index (χ0v) is 12.2. The maximum atomic E-state index is 13.9. The fraction of sp³-hybridized carbons (Fsp3) is 0.200. The lowest BCUT2D eigenvalue weighted by Crippen LogP contribution is -2.05. The van der Waals surface area contributed by atoms with E-state index in [1.165, 1.54) is 6.07 Å². The maximum absolute atomic E-state index is 13.9. The van der Waals surface area contributed by atoms with E-state index in [1.807, 2.05) is 25.1 Å². The number of halogens is 2. The highest BCUT2D eigenvalue weighted by molar-refractivity contribution is 9.10. The van der Waals surface area contributed by atoms with Crippen molar-refractivity contribution in [2.24, 2.45) is 5.73 Å². The molecule has 0 saturated heterocycles. The zero-order chi connectivity index (χ0) is 13.8. The monoisotopic (exact) mass is 323 g/mol. The van der Waals surface area contributed by atoms with Crippen molar-refractivity contribution in [2.75, 3.05) is 6.54 Å². The van der Waals surface area contributed by atoms with Crippen LogP contribution in [0.2, 0.25) is 0 Å². The van der Waals surface area contributed by atoms with Crippen LogP contribution in [0.5, 0.6) is 11.5 Å². The Balaban J connectivity index is 2.34. The lowest BCUT2D eigenvalue weighted by atomic mass is 10.1. The molecule has 0 aliphatic heterocycles. The molecule has 2 nitrogen and oxygen atoms in total. The summed E-state index contributed by atoms with van der Waals surface area (Å²) in [6.07, 6.45) is 0.586. The topological polar surface area (TPSA) is 35.2 Å². The molecule has 2 N–H and O–H groups in total. The van der Waals surface area contributed by atoms with E-state index in [0.29, 0.717) is 18.7 Å². The van der Waals surface area contributed by atoms with Gasteiger partial charge in [-0.3, -0.25) is 0 Å². The third kappa shape index (κ3) is 3.33. The molecule has 0 saturated carbocycles. The van der Waals surface area contributed by atoms with Crippen LogP contribution in [0.25, 0.3) is 0 Å². The summed E-state index contributed by atoms with van der Waals surface area (Å²) in [6.45, 7) is 2.41. The molecule has 0 unspecified atom stereocenters. The molecule has 0 fully saturated rings. The largest absolute Gasteiger partial charge is 0.454 e. The van der Waals surface area contributed by atoms with Crippen molar-refractivity contribution in [2.45, 2.75) is 13.3 Å². The Labute approximate surface area is 120 Å². The molecular weight excluding hydrogens is 309 g/mol. The molecule has 2 aromatic rings. The number of rotatable bonds is 4. The van der Waals surface area contributed by atoms with Crippen molar-refractivity contribution in [1.82, 2.24) is 0 Å². The minimum atomic E-state index is -0.369. The van der Waals surface area contributed by atoms with Gasteiger partial charge in [0, 0.05) is 4.47 Å². The van der Waals surface area contributed by atoms with Crippen molar-refractivity contribution >= 4 is 15.9 Å². The van der Waals surface area contributed by atoms with Crippen LogP contribution in [-0.2, 0) is 6.42 Å². The summed E-state index contributed by atoms with van der Waals surface area (Å²) in [5, 5.41) is 0. The molecular formula is C15H15BrFNO. The van der Waals surface area contributed by atoms with Crippen LogP contribution in [0.1, 0.15) is 11.1 Å². The molecule has 0 atom stereocenters. The predicted octanol–water partition coefficient (Wildman–Crippen LogP) is 4.19. The molecule has 0 spiro atoms. The van der Waals surface area contributed by atoms with E-state index in [0.717, 1.165) is 15.6 Å². The van der Waals surface area contributed by atoms with Gasteiger partial charge in [0.1, 0.15) is 5.75 Å². The highest BCUT2D eigenvalue weighted by Gasteiger charge is 2.11. The molecule has 19 heavy (non-hydrogen) atoms. The quantitative estimate of drug-likeness (QED) is 0.915. The van der Waals surface area contributed by atoms with Gasteiger partial charge >= 0.3 is 0 Å².